The molecule has 2 heterocycles. The predicted octanol–water partition coefficient (Wildman–Crippen LogP) is 3.33. The molecule has 1 saturated carbocycles. The van der Waals surface area contributed by atoms with Gasteiger partial charge in [-0.1, -0.05) is 46.3 Å². The highest BCUT2D eigenvalue weighted by Crippen LogP contribution is 2.49. The third kappa shape index (κ3) is 2.26. The lowest BCUT2D eigenvalue weighted by molar-refractivity contribution is 0.0202. The van der Waals surface area contributed by atoms with Crippen molar-refractivity contribution in [3.05, 3.63) is 35.9 Å². The molecule has 18 heavy (non-hydrogen) atoms. The zero-order valence-corrected chi connectivity index (χ0v) is 11.7. The van der Waals surface area contributed by atoms with Gasteiger partial charge >= 0.3 is 6.09 Å². The summed E-state index contributed by atoms with van der Waals surface area (Å²) in [6.07, 6.45) is 2.99. The number of piperidine rings is 2. The number of amides is 1. The molecule has 0 atom stereocenters. The summed E-state index contributed by atoms with van der Waals surface area (Å²) in [6, 6.07) is 10.2. The zero-order chi connectivity index (χ0) is 12.6. The van der Waals surface area contributed by atoms with Gasteiger partial charge < -0.3 is 9.64 Å². The zero-order valence-electron chi connectivity index (χ0n) is 10.1. The fourth-order valence-corrected chi connectivity index (χ4v) is 3.68. The largest absolute Gasteiger partial charge is 0.445 e. The van der Waals surface area contributed by atoms with Crippen molar-refractivity contribution in [2.75, 3.05) is 6.54 Å². The minimum absolute atomic E-state index is 0.168. The van der Waals surface area contributed by atoms with E-state index in [1.54, 1.807) is 0 Å². The molecule has 2 aliphatic heterocycles. The van der Waals surface area contributed by atoms with E-state index in [0.717, 1.165) is 31.4 Å². The molecule has 1 aliphatic carbocycles. The number of nitrogens with zero attached hydrogens (tertiary/aromatic N) is 1. The third-order valence-electron chi connectivity index (χ3n) is 3.88. The first-order valence-corrected chi connectivity index (χ1v) is 7.12. The van der Waals surface area contributed by atoms with Gasteiger partial charge in [0.1, 0.15) is 6.61 Å². The summed E-state index contributed by atoms with van der Waals surface area (Å²) >= 11 is 3.73. The van der Waals surface area contributed by atoms with Crippen LogP contribution in [0.2, 0.25) is 0 Å². The number of carbonyl (C=O) groups is 1. The third-order valence-corrected chi connectivity index (χ3v) is 4.93. The van der Waals surface area contributed by atoms with E-state index in [1.807, 2.05) is 35.2 Å². The molecule has 0 N–H and O–H groups in total. The molecule has 96 valence electrons. The minimum atomic E-state index is -0.168. The highest BCUT2D eigenvalue weighted by molar-refractivity contribution is 9.10. The number of hydrogen-bond donors (Lipinski definition) is 0. The van der Waals surface area contributed by atoms with Gasteiger partial charge in [-0.25, -0.2) is 4.79 Å². The molecule has 1 aromatic carbocycles. The maximum atomic E-state index is 12.0. The number of fused-ring (bicyclic) bond motifs is 2. The number of benzene rings is 1. The molecule has 3 fully saturated rings. The Kier molecular flexibility index (Phi) is 3.06. The van der Waals surface area contributed by atoms with Gasteiger partial charge in [-0.15, -0.1) is 0 Å². The van der Waals surface area contributed by atoms with E-state index in [9.17, 15) is 4.79 Å². The van der Waals surface area contributed by atoms with Crippen LogP contribution in [0.1, 0.15) is 24.8 Å². The fourth-order valence-electron chi connectivity index (χ4n) is 2.76. The molecule has 1 amide bonds. The van der Waals surface area contributed by atoms with Crippen LogP contribution in [-0.4, -0.2) is 27.9 Å². The number of halogens is 1. The Balaban J connectivity index is 1.53. The molecule has 0 radical (unpaired) electrons. The van der Waals surface area contributed by atoms with Crippen LogP contribution >= 0.6 is 15.9 Å². The van der Waals surface area contributed by atoms with Crippen LogP contribution in [-0.2, 0) is 11.3 Å². The first-order valence-electron chi connectivity index (χ1n) is 6.33. The molecule has 3 nitrogen and oxygen atoms in total. The summed E-state index contributed by atoms with van der Waals surface area (Å²) in [7, 11) is 0. The SMILES string of the molecule is O=C(OCc1ccccc1)N1CCC2(Br)CC1C2. The monoisotopic (exact) mass is 309 g/mol. The van der Waals surface area contributed by atoms with Gasteiger partial charge in [0.2, 0.25) is 0 Å². The maximum absolute atomic E-state index is 12.0. The summed E-state index contributed by atoms with van der Waals surface area (Å²) in [5.74, 6) is 0. The molecular weight excluding hydrogens is 294 g/mol. The molecule has 4 rings (SSSR count). The van der Waals surface area contributed by atoms with Gasteiger partial charge in [-0.3, -0.25) is 0 Å². The lowest BCUT2D eigenvalue weighted by atomic mass is 9.73. The van der Waals surface area contributed by atoms with Gasteiger partial charge in [-0.05, 0) is 24.8 Å². The number of alkyl halides is 1. The summed E-state index contributed by atoms with van der Waals surface area (Å²) in [5, 5.41) is 0. The van der Waals surface area contributed by atoms with E-state index < -0.39 is 0 Å². The molecule has 1 aromatic rings. The molecule has 0 spiro atoms. The molecule has 0 unspecified atom stereocenters. The van der Waals surface area contributed by atoms with Gasteiger partial charge in [0.15, 0.2) is 0 Å². The second kappa shape index (κ2) is 4.57. The normalized spacial score (nSPS) is 29.6. The standard InChI is InChI=1S/C14H16BrNO2/c15-14-6-7-16(12(8-14)9-14)13(17)18-10-11-4-2-1-3-5-11/h1-5,12H,6-10H2. The number of rotatable bonds is 2. The van der Waals surface area contributed by atoms with Crippen molar-refractivity contribution >= 4 is 22.0 Å². The van der Waals surface area contributed by atoms with Crippen molar-refractivity contribution in [2.24, 2.45) is 0 Å². The summed E-state index contributed by atoms with van der Waals surface area (Å²) < 4.78 is 5.68. The Hall–Kier alpha value is -1.03. The van der Waals surface area contributed by atoms with E-state index in [-0.39, 0.29) is 6.09 Å². The lowest BCUT2D eigenvalue weighted by Crippen LogP contribution is -2.60. The Morgan fingerprint density at radius 3 is 2.72 bits per heavy atom. The number of hydrogen-bond acceptors (Lipinski definition) is 2. The van der Waals surface area contributed by atoms with Crippen molar-refractivity contribution in [3.8, 4) is 0 Å². The molecule has 4 heteroatoms. The van der Waals surface area contributed by atoms with Crippen molar-refractivity contribution < 1.29 is 9.53 Å². The predicted molar refractivity (Wildman–Crippen MR) is 72.6 cm³/mol. The second-order valence-electron chi connectivity index (χ2n) is 5.20. The van der Waals surface area contributed by atoms with Gasteiger partial charge in [0.25, 0.3) is 0 Å². The van der Waals surface area contributed by atoms with Crippen LogP contribution in [0.25, 0.3) is 0 Å². The van der Waals surface area contributed by atoms with Gasteiger partial charge in [0.05, 0.1) is 0 Å². The fraction of sp³-hybridized carbons (Fsp3) is 0.500. The Bertz CT molecular complexity index is 437. The smallest absolute Gasteiger partial charge is 0.410 e. The Morgan fingerprint density at radius 2 is 2.11 bits per heavy atom. The Labute approximate surface area is 115 Å². The van der Waals surface area contributed by atoms with Crippen molar-refractivity contribution in [1.82, 2.24) is 4.90 Å². The molecule has 2 saturated heterocycles. The second-order valence-corrected chi connectivity index (χ2v) is 6.88. The maximum Gasteiger partial charge on any atom is 0.410 e. The lowest BCUT2D eigenvalue weighted by Gasteiger charge is -2.53. The quantitative estimate of drug-likeness (QED) is 0.784. The average molecular weight is 310 g/mol. The van der Waals surface area contributed by atoms with Gasteiger partial charge in [-0.2, -0.15) is 0 Å². The first-order chi connectivity index (χ1) is 8.66. The highest BCUT2D eigenvalue weighted by Gasteiger charge is 2.50. The number of ether oxygens (including phenoxy) is 1. The van der Waals surface area contributed by atoms with Crippen molar-refractivity contribution in [2.45, 2.75) is 36.2 Å². The summed E-state index contributed by atoms with van der Waals surface area (Å²) in [6.45, 7) is 1.17. The Morgan fingerprint density at radius 1 is 1.39 bits per heavy atom. The first kappa shape index (κ1) is 12.0. The molecule has 2 bridgehead atoms. The van der Waals surface area contributed by atoms with Crippen molar-refractivity contribution in [3.63, 3.8) is 0 Å². The van der Waals surface area contributed by atoms with Crippen LogP contribution in [0.15, 0.2) is 30.3 Å². The van der Waals surface area contributed by atoms with E-state index >= 15 is 0 Å². The summed E-state index contributed by atoms with van der Waals surface area (Å²) in [5.41, 5.74) is 1.03. The van der Waals surface area contributed by atoms with E-state index in [4.69, 9.17) is 4.74 Å². The average Bonchev–Trinajstić information content (AvgIpc) is 2.36. The van der Waals surface area contributed by atoms with Crippen LogP contribution in [0, 0.1) is 0 Å². The molecule has 0 aromatic heterocycles. The van der Waals surface area contributed by atoms with Crippen molar-refractivity contribution in [1.29, 1.82) is 0 Å². The molecular formula is C14H16BrNO2. The van der Waals surface area contributed by atoms with E-state index in [0.29, 0.717) is 17.0 Å². The van der Waals surface area contributed by atoms with Crippen LogP contribution in [0.4, 0.5) is 4.79 Å². The van der Waals surface area contributed by atoms with Crippen LogP contribution in [0.3, 0.4) is 0 Å². The van der Waals surface area contributed by atoms with Crippen LogP contribution < -0.4 is 0 Å². The van der Waals surface area contributed by atoms with Crippen LogP contribution in [0.5, 0.6) is 0 Å². The molecule has 3 aliphatic rings. The van der Waals surface area contributed by atoms with E-state index in [1.165, 1.54) is 0 Å². The van der Waals surface area contributed by atoms with E-state index in [2.05, 4.69) is 15.9 Å². The topological polar surface area (TPSA) is 29.5 Å². The summed E-state index contributed by atoms with van der Waals surface area (Å²) in [4.78, 5) is 13.9. The number of carbonyl (C=O) groups excluding carboxylic acids is 1. The highest BCUT2D eigenvalue weighted by atomic mass is 79.9. The van der Waals surface area contributed by atoms with Gasteiger partial charge in [0, 0.05) is 16.9 Å². The minimum Gasteiger partial charge on any atom is -0.445 e.